The van der Waals surface area contributed by atoms with Crippen molar-refractivity contribution in [1.82, 2.24) is 0 Å². The van der Waals surface area contributed by atoms with Crippen molar-refractivity contribution in [3.8, 4) is 0 Å². The number of halogens is 2. The first-order valence-electron chi connectivity index (χ1n) is 3.72. The van der Waals surface area contributed by atoms with Gasteiger partial charge in [0.25, 0.3) is 0 Å². The van der Waals surface area contributed by atoms with Crippen molar-refractivity contribution in [2.45, 2.75) is 0 Å². The lowest BCUT2D eigenvalue weighted by atomic mass is 10.2. The molecular formula is C9H10BrClN2. The molecule has 0 unspecified atom stereocenters. The van der Waals surface area contributed by atoms with Gasteiger partial charge in [0.1, 0.15) is 0 Å². The quantitative estimate of drug-likeness (QED) is 0.820. The maximum atomic E-state index is 5.75. The van der Waals surface area contributed by atoms with Crippen LogP contribution in [-0.2, 0) is 0 Å². The van der Waals surface area contributed by atoms with E-state index in [-0.39, 0.29) is 0 Å². The minimum Gasteiger partial charge on any atom is -0.397 e. The molecule has 4 heteroatoms. The molecule has 0 aliphatic rings. The Kier molecular flexibility index (Phi) is 3.63. The molecule has 0 heterocycles. The Morgan fingerprint density at radius 3 is 2.85 bits per heavy atom. The Labute approximate surface area is 90.9 Å². The van der Waals surface area contributed by atoms with Crippen molar-refractivity contribution < 1.29 is 0 Å². The molecule has 0 spiro atoms. The molecule has 0 radical (unpaired) electrons. The SMILES string of the molecule is C=C(Br)CNc1ccc(Cl)cc1N. The molecule has 3 N–H and O–H groups in total. The Hall–Kier alpha value is -0.670. The van der Waals surface area contributed by atoms with Gasteiger partial charge in [-0.3, -0.25) is 0 Å². The van der Waals surface area contributed by atoms with Gasteiger partial charge in [0.2, 0.25) is 0 Å². The summed E-state index contributed by atoms with van der Waals surface area (Å²) in [7, 11) is 0. The highest BCUT2D eigenvalue weighted by Gasteiger charge is 1.98. The lowest BCUT2D eigenvalue weighted by molar-refractivity contribution is 1.33. The molecule has 2 nitrogen and oxygen atoms in total. The fourth-order valence-corrected chi connectivity index (χ4v) is 1.21. The minimum atomic E-state index is 0.640. The molecule has 0 fully saturated rings. The molecule has 0 saturated carbocycles. The predicted octanol–water partition coefficient (Wildman–Crippen LogP) is 3.24. The van der Waals surface area contributed by atoms with E-state index in [1.807, 2.05) is 6.07 Å². The lowest BCUT2D eigenvalue weighted by Crippen LogP contribution is -2.03. The molecular weight excluding hydrogens is 251 g/mol. The molecule has 0 amide bonds. The van der Waals surface area contributed by atoms with E-state index in [0.717, 1.165) is 10.2 Å². The van der Waals surface area contributed by atoms with Gasteiger partial charge in [0, 0.05) is 16.0 Å². The van der Waals surface area contributed by atoms with E-state index in [2.05, 4.69) is 27.8 Å². The maximum absolute atomic E-state index is 5.75. The number of benzene rings is 1. The van der Waals surface area contributed by atoms with Crippen LogP contribution in [0.5, 0.6) is 0 Å². The van der Waals surface area contributed by atoms with E-state index < -0.39 is 0 Å². The molecule has 0 aliphatic carbocycles. The van der Waals surface area contributed by atoms with Crippen LogP contribution in [0, 0.1) is 0 Å². The summed E-state index contributed by atoms with van der Waals surface area (Å²) < 4.78 is 0.877. The number of nitrogens with one attached hydrogen (secondary N) is 1. The third-order valence-corrected chi connectivity index (χ3v) is 2.00. The number of anilines is 2. The highest BCUT2D eigenvalue weighted by atomic mass is 79.9. The summed E-state index contributed by atoms with van der Waals surface area (Å²) >= 11 is 8.99. The Bertz CT molecular complexity index is 325. The number of nitrogen functional groups attached to an aromatic ring is 1. The standard InChI is InChI=1S/C9H10BrClN2/c1-6(10)5-13-9-3-2-7(11)4-8(9)12/h2-4,13H,1,5,12H2. The molecule has 0 saturated heterocycles. The van der Waals surface area contributed by atoms with E-state index in [9.17, 15) is 0 Å². The zero-order valence-electron chi connectivity index (χ0n) is 6.98. The molecule has 1 aromatic carbocycles. The predicted molar refractivity (Wildman–Crippen MR) is 62.4 cm³/mol. The topological polar surface area (TPSA) is 38.0 Å². The summed E-state index contributed by atoms with van der Waals surface area (Å²) in [5, 5.41) is 3.75. The van der Waals surface area contributed by atoms with E-state index in [1.54, 1.807) is 12.1 Å². The largest absolute Gasteiger partial charge is 0.397 e. The number of hydrogen-bond donors (Lipinski definition) is 2. The summed E-state index contributed by atoms with van der Waals surface area (Å²) in [6.45, 7) is 4.35. The van der Waals surface area contributed by atoms with Gasteiger partial charge in [0.15, 0.2) is 0 Å². The first kappa shape index (κ1) is 10.4. The molecule has 1 aromatic rings. The third-order valence-electron chi connectivity index (χ3n) is 1.48. The zero-order valence-corrected chi connectivity index (χ0v) is 9.32. The lowest BCUT2D eigenvalue weighted by Gasteiger charge is -2.08. The summed E-state index contributed by atoms with van der Waals surface area (Å²) in [4.78, 5) is 0. The van der Waals surface area contributed by atoms with E-state index in [4.69, 9.17) is 17.3 Å². The Balaban J connectivity index is 2.72. The monoisotopic (exact) mass is 260 g/mol. The van der Waals surface area contributed by atoms with E-state index >= 15 is 0 Å². The van der Waals surface area contributed by atoms with Gasteiger partial charge < -0.3 is 11.1 Å². The van der Waals surface area contributed by atoms with Crippen LogP contribution in [0.3, 0.4) is 0 Å². The van der Waals surface area contributed by atoms with Gasteiger partial charge in [-0.1, -0.05) is 34.1 Å². The van der Waals surface area contributed by atoms with Gasteiger partial charge in [-0.05, 0) is 18.2 Å². The molecule has 1 rings (SSSR count). The Morgan fingerprint density at radius 2 is 2.31 bits per heavy atom. The molecule has 0 atom stereocenters. The van der Waals surface area contributed by atoms with Gasteiger partial charge in [-0.15, -0.1) is 0 Å². The summed E-state index contributed by atoms with van der Waals surface area (Å²) in [5.41, 5.74) is 7.22. The summed E-state index contributed by atoms with van der Waals surface area (Å²) in [6, 6.07) is 5.34. The molecule has 13 heavy (non-hydrogen) atoms. The third kappa shape index (κ3) is 3.28. The maximum Gasteiger partial charge on any atom is 0.0577 e. The van der Waals surface area contributed by atoms with Gasteiger partial charge in [-0.2, -0.15) is 0 Å². The van der Waals surface area contributed by atoms with Gasteiger partial charge in [0.05, 0.1) is 11.4 Å². The highest BCUT2D eigenvalue weighted by Crippen LogP contribution is 2.22. The normalized spacial score (nSPS) is 9.69. The summed E-state index contributed by atoms with van der Waals surface area (Å²) in [6.07, 6.45) is 0. The van der Waals surface area contributed by atoms with Crippen molar-refractivity contribution >= 4 is 38.9 Å². The highest BCUT2D eigenvalue weighted by molar-refractivity contribution is 9.11. The first-order valence-corrected chi connectivity index (χ1v) is 4.89. The summed E-state index contributed by atoms with van der Waals surface area (Å²) in [5.74, 6) is 0. The zero-order chi connectivity index (χ0) is 9.84. The van der Waals surface area contributed by atoms with Crippen LogP contribution >= 0.6 is 27.5 Å². The Morgan fingerprint density at radius 1 is 1.62 bits per heavy atom. The molecule has 0 aliphatic heterocycles. The number of rotatable bonds is 3. The minimum absolute atomic E-state index is 0.640. The second-order valence-corrected chi connectivity index (χ2v) is 4.16. The van der Waals surface area contributed by atoms with Crippen LogP contribution in [-0.4, -0.2) is 6.54 Å². The van der Waals surface area contributed by atoms with Crippen molar-refractivity contribution in [2.24, 2.45) is 0 Å². The van der Waals surface area contributed by atoms with Gasteiger partial charge in [-0.25, -0.2) is 0 Å². The molecule has 0 bridgehead atoms. The van der Waals surface area contributed by atoms with Crippen LogP contribution in [0.4, 0.5) is 11.4 Å². The van der Waals surface area contributed by atoms with Gasteiger partial charge >= 0.3 is 0 Å². The average molecular weight is 262 g/mol. The number of nitrogens with two attached hydrogens (primary N) is 1. The van der Waals surface area contributed by atoms with Crippen LogP contribution in [0.25, 0.3) is 0 Å². The second kappa shape index (κ2) is 4.53. The molecule has 70 valence electrons. The fourth-order valence-electron chi connectivity index (χ4n) is 0.886. The average Bonchev–Trinajstić information content (AvgIpc) is 2.02. The fraction of sp³-hybridized carbons (Fsp3) is 0.111. The van der Waals surface area contributed by atoms with Crippen LogP contribution in [0.2, 0.25) is 5.02 Å². The van der Waals surface area contributed by atoms with Crippen LogP contribution in [0.15, 0.2) is 29.3 Å². The number of hydrogen-bond acceptors (Lipinski definition) is 2. The van der Waals surface area contributed by atoms with Crippen LogP contribution in [0.1, 0.15) is 0 Å². The smallest absolute Gasteiger partial charge is 0.0577 e. The van der Waals surface area contributed by atoms with E-state index in [0.29, 0.717) is 17.3 Å². The van der Waals surface area contributed by atoms with E-state index in [1.165, 1.54) is 0 Å². The van der Waals surface area contributed by atoms with Crippen molar-refractivity contribution in [3.05, 3.63) is 34.3 Å². The molecule has 0 aromatic heterocycles. The van der Waals surface area contributed by atoms with Crippen LogP contribution < -0.4 is 11.1 Å². The van der Waals surface area contributed by atoms with Crippen molar-refractivity contribution in [2.75, 3.05) is 17.6 Å². The van der Waals surface area contributed by atoms with Crippen molar-refractivity contribution in [3.63, 3.8) is 0 Å². The second-order valence-electron chi connectivity index (χ2n) is 2.60. The first-order chi connectivity index (χ1) is 6.09. The van der Waals surface area contributed by atoms with Crippen molar-refractivity contribution in [1.29, 1.82) is 0 Å².